The second-order valence-corrected chi connectivity index (χ2v) is 11.5. The van der Waals surface area contributed by atoms with E-state index in [1.54, 1.807) is 23.1 Å². The predicted octanol–water partition coefficient (Wildman–Crippen LogP) is 6.42. The molecule has 4 aromatic carbocycles. The molecule has 0 spiro atoms. The van der Waals surface area contributed by atoms with Crippen LogP contribution in [0, 0.1) is 5.82 Å². The van der Waals surface area contributed by atoms with Crippen molar-refractivity contribution in [3.8, 4) is 0 Å². The number of nitrogens with one attached hydrogen (secondary N) is 1. The van der Waals surface area contributed by atoms with Gasteiger partial charge in [-0.05, 0) is 48.4 Å². The Balaban J connectivity index is 1.24. The highest BCUT2D eigenvalue weighted by Crippen LogP contribution is 2.37. The zero-order valence-electron chi connectivity index (χ0n) is 24.2. The Hall–Kier alpha value is -4.52. The van der Waals surface area contributed by atoms with Gasteiger partial charge in [0.15, 0.2) is 0 Å². The molecule has 4 aromatic rings. The van der Waals surface area contributed by atoms with Crippen molar-refractivity contribution >= 4 is 34.2 Å². The zero-order valence-corrected chi connectivity index (χ0v) is 24.2. The van der Waals surface area contributed by atoms with Crippen LogP contribution in [0.5, 0.6) is 0 Å². The molecule has 1 fully saturated rings. The molecule has 0 unspecified atom stereocenters. The maximum atomic E-state index is 14.9. The van der Waals surface area contributed by atoms with Crippen LogP contribution < -0.4 is 10.2 Å². The van der Waals surface area contributed by atoms with E-state index in [-0.39, 0.29) is 36.7 Å². The second-order valence-electron chi connectivity index (χ2n) is 11.5. The van der Waals surface area contributed by atoms with E-state index < -0.39 is 11.9 Å². The molecule has 0 saturated heterocycles. The van der Waals surface area contributed by atoms with E-state index in [4.69, 9.17) is 0 Å². The first kappa shape index (κ1) is 28.6. The van der Waals surface area contributed by atoms with Crippen molar-refractivity contribution in [2.24, 2.45) is 0 Å². The largest absolute Gasteiger partial charge is 0.352 e. The summed E-state index contributed by atoms with van der Waals surface area (Å²) < 4.78 is 14.9. The molecule has 0 aromatic heterocycles. The van der Waals surface area contributed by atoms with Crippen molar-refractivity contribution in [2.45, 2.75) is 63.6 Å². The number of anilines is 1. The first-order valence-electron chi connectivity index (χ1n) is 15.2. The molecule has 1 atom stereocenters. The molecule has 6 rings (SSSR count). The number of halogens is 1. The molecule has 1 aliphatic carbocycles. The van der Waals surface area contributed by atoms with Crippen molar-refractivity contribution in [2.75, 3.05) is 11.4 Å². The summed E-state index contributed by atoms with van der Waals surface area (Å²) in [5, 5.41) is 5.13. The van der Waals surface area contributed by atoms with E-state index in [0.717, 1.165) is 47.7 Å². The van der Waals surface area contributed by atoms with Gasteiger partial charge in [-0.15, -0.1) is 0 Å². The average Bonchev–Trinajstić information content (AvgIpc) is 3.63. The zero-order chi connectivity index (χ0) is 29.8. The molecule has 7 heteroatoms. The highest BCUT2D eigenvalue weighted by Gasteiger charge is 2.33. The molecule has 2 aliphatic rings. The van der Waals surface area contributed by atoms with Crippen LogP contribution in [0.25, 0.3) is 10.8 Å². The van der Waals surface area contributed by atoms with Gasteiger partial charge in [-0.1, -0.05) is 85.6 Å². The predicted molar refractivity (Wildman–Crippen MR) is 166 cm³/mol. The molecule has 220 valence electrons. The maximum absolute atomic E-state index is 14.9. The normalized spacial score (nSPS) is 15.2. The third-order valence-corrected chi connectivity index (χ3v) is 8.69. The van der Waals surface area contributed by atoms with E-state index in [0.29, 0.717) is 30.5 Å². The van der Waals surface area contributed by atoms with Crippen molar-refractivity contribution in [1.82, 2.24) is 10.2 Å². The van der Waals surface area contributed by atoms with E-state index >= 15 is 0 Å². The fourth-order valence-corrected chi connectivity index (χ4v) is 6.46. The van der Waals surface area contributed by atoms with Gasteiger partial charge in [0.2, 0.25) is 11.8 Å². The maximum Gasteiger partial charge on any atom is 0.258 e. The SMILES string of the molecule is O=C(NC1CCCC1)[C@H](Cc1ccccc1)N(Cc1ccccc1F)C(=O)CCCN1C(=O)c2cccc3cccc1c23. The van der Waals surface area contributed by atoms with Crippen molar-refractivity contribution in [3.63, 3.8) is 0 Å². The minimum Gasteiger partial charge on any atom is -0.352 e. The van der Waals surface area contributed by atoms with Crippen LogP contribution in [0.1, 0.15) is 60.0 Å². The Labute approximate surface area is 251 Å². The van der Waals surface area contributed by atoms with Crippen LogP contribution in [0.2, 0.25) is 0 Å². The van der Waals surface area contributed by atoms with Crippen LogP contribution in [-0.2, 0) is 22.6 Å². The Kier molecular flexibility index (Phi) is 8.50. The highest BCUT2D eigenvalue weighted by molar-refractivity contribution is 6.25. The number of carbonyl (C=O) groups is 3. The summed E-state index contributed by atoms with van der Waals surface area (Å²) in [6.07, 6.45) is 4.82. The molecule has 1 heterocycles. The van der Waals surface area contributed by atoms with Crippen LogP contribution in [0.15, 0.2) is 91.0 Å². The lowest BCUT2D eigenvalue weighted by Crippen LogP contribution is -2.52. The fourth-order valence-electron chi connectivity index (χ4n) is 6.46. The molecule has 0 radical (unpaired) electrons. The summed E-state index contributed by atoms with van der Waals surface area (Å²) in [6, 6.07) is 26.9. The topological polar surface area (TPSA) is 69.7 Å². The van der Waals surface area contributed by atoms with Crippen LogP contribution in [0.4, 0.5) is 10.1 Å². The summed E-state index contributed by atoms with van der Waals surface area (Å²) in [7, 11) is 0. The summed E-state index contributed by atoms with van der Waals surface area (Å²) in [5.74, 6) is -0.936. The number of amides is 3. The number of carbonyl (C=O) groups excluding carboxylic acids is 3. The highest BCUT2D eigenvalue weighted by atomic mass is 19.1. The molecular weight excluding hydrogens is 541 g/mol. The smallest absolute Gasteiger partial charge is 0.258 e. The lowest BCUT2D eigenvalue weighted by atomic mass is 10.0. The standard InChI is InChI=1S/C36H36FN3O3/c37-30-19-7-4-13-27(30)24-40(32(23-25-11-2-1-3-12-25)35(42)38-28-16-5-6-17-28)33(41)21-10-22-39-31-20-9-15-26-14-8-18-29(34(26)31)36(39)43/h1-4,7-9,11-15,18-20,28,32H,5-6,10,16-17,21-24H2,(H,38,42)/t32-/m0/s1. The molecule has 3 amide bonds. The molecular formula is C36H36FN3O3. The van der Waals surface area contributed by atoms with Gasteiger partial charge in [0.05, 0.1) is 5.69 Å². The molecule has 1 aliphatic heterocycles. The van der Waals surface area contributed by atoms with Crippen LogP contribution in [-0.4, -0.2) is 41.2 Å². The monoisotopic (exact) mass is 577 g/mol. The number of rotatable bonds is 11. The van der Waals surface area contributed by atoms with E-state index in [2.05, 4.69) is 5.32 Å². The Morgan fingerprint density at radius 1 is 0.907 bits per heavy atom. The Bertz CT molecular complexity index is 1630. The first-order chi connectivity index (χ1) is 21.0. The van der Waals surface area contributed by atoms with Gasteiger partial charge in [-0.3, -0.25) is 14.4 Å². The quantitative estimate of drug-likeness (QED) is 0.224. The summed E-state index contributed by atoms with van der Waals surface area (Å²) in [6.45, 7) is 0.345. The number of benzene rings is 4. The van der Waals surface area contributed by atoms with Gasteiger partial charge < -0.3 is 15.1 Å². The average molecular weight is 578 g/mol. The van der Waals surface area contributed by atoms with E-state index in [1.165, 1.54) is 11.0 Å². The van der Waals surface area contributed by atoms with Crippen LogP contribution >= 0.6 is 0 Å². The van der Waals surface area contributed by atoms with Gasteiger partial charge >= 0.3 is 0 Å². The molecule has 1 saturated carbocycles. The Morgan fingerprint density at radius 3 is 2.40 bits per heavy atom. The second kappa shape index (κ2) is 12.8. The van der Waals surface area contributed by atoms with Gasteiger partial charge in [0, 0.05) is 48.5 Å². The first-order valence-corrected chi connectivity index (χ1v) is 15.2. The van der Waals surface area contributed by atoms with Gasteiger partial charge in [-0.2, -0.15) is 0 Å². The fraction of sp³-hybridized carbons (Fsp3) is 0.306. The third-order valence-electron chi connectivity index (χ3n) is 8.69. The molecule has 6 nitrogen and oxygen atoms in total. The Morgan fingerprint density at radius 2 is 1.63 bits per heavy atom. The minimum atomic E-state index is -0.804. The van der Waals surface area contributed by atoms with Crippen molar-refractivity contribution in [1.29, 1.82) is 0 Å². The van der Waals surface area contributed by atoms with Crippen LogP contribution in [0.3, 0.4) is 0 Å². The van der Waals surface area contributed by atoms with E-state index in [9.17, 15) is 18.8 Å². The number of nitrogens with zero attached hydrogens (tertiary/aromatic N) is 2. The summed E-state index contributed by atoms with van der Waals surface area (Å²) in [4.78, 5) is 44.4. The molecule has 43 heavy (non-hydrogen) atoms. The number of hydrogen-bond acceptors (Lipinski definition) is 3. The van der Waals surface area contributed by atoms with Gasteiger partial charge in [0.1, 0.15) is 11.9 Å². The molecule has 1 N–H and O–H groups in total. The van der Waals surface area contributed by atoms with Crippen molar-refractivity contribution < 1.29 is 18.8 Å². The van der Waals surface area contributed by atoms with E-state index in [1.807, 2.05) is 66.7 Å². The van der Waals surface area contributed by atoms with Crippen molar-refractivity contribution in [3.05, 3.63) is 114 Å². The molecule has 0 bridgehead atoms. The summed E-state index contributed by atoms with van der Waals surface area (Å²) in [5.41, 5.74) is 2.81. The lowest BCUT2D eigenvalue weighted by Gasteiger charge is -2.32. The summed E-state index contributed by atoms with van der Waals surface area (Å²) >= 11 is 0. The third kappa shape index (κ3) is 6.17. The van der Waals surface area contributed by atoms with Gasteiger partial charge in [-0.25, -0.2) is 4.39 Å². The number of hydrogen-bond donors (Lipinski definition) is 1. The lowest BCUT2D eigenvalue weighted by molar-refractivity contribution is -0.141. The minimum absolute atomic E-state index is 0.0194. The van der Waals surface area contributed by atoms with Gasteiger partial charge in [0.25, 0.3) is 5.91 Å².